The number of aliphatic hydroxyl groups is 1. The number of alkyl halides is 3. The van der Waals surface area contributed by atoms with E-state index >= 15 is 0 Å². The first-order chi connectivity index (χ1) is 10.8. The van der Waals surface area contributed by atoms with Gasteiger partial charge in [0.1, 0.15) is 25.1 Å². The zero-order valence-corrected chi connectivity index (χ0v) is 12.2. The average Bonchev–Trinajstić information content (AvgIpc) is 2.47. The van der Waals surface area contributed by atoms with Crippen molar-refractivity contribution in [2.24, 2.45) is 0 Å². The van der Waals surface area contributed by atoms with Gasteiger partial charge in [0.2, 0.25) is 5.75 Å². The summed E-state index contributed by atoms with van der Waals surface area (Å²) < 4.78 is 43.6. The Bertz CT molecular complexity index is 712. The van der Waals surface area contributed by atoms with Gasteiger partial charge in [-0.15, -0.1) is 0 Å². The Kier molecular flexibility index (Phi) is 5.05. The van der Waals surface area contributed by atoms with Gasteiger partial charge < -0.3 is 9.84 Å². The largest absolute Gasteiger partial charge is 0.482 e. The summed E-state index contributed by atoms with van der Waals surface area (Å²) in [7, 11) is 0. The Hall–Kier alpha value is -2.35. The highest BCUT2D eigenvalue weighted by Gasteiger charge is 2.31. The van der Waals surface area contributed by atoms with Crippen LogP contribution in [0.4, 0.5) is 13.2 Å². The second-order valence-electron chi connectivity index (χ2n) is 4.94. The first-order valence-corrected chi connectivity index (χ1v) is 6.79. The number of benzene rings is 1. The van der Waals surface area contributed by atoms with E-state index in [-0.39, 0.29) is 18.2 Å². The molecule has 124 valence electrons. The molecule has 0 radical (unpaired) electrons. The fourth-order valence-corrected chi connectivity index (χ4v) is 1.99. The summed E-state index contributed by atoms with van der Waals surface area (Å²) in [4.78, 5) is 15.9. The van der Waals surface area contributed by atoms with E-state index in [9.17, 15) is 23.1 Å². The molecule has 1 aromatic carbocycles. The van der Waals surface area contributed by atoms with E-state index in [4.69, 9.17) is 4.74 Å². The lowest BCUT2D eigenvalue weighted by Crippen LogP contribution is -2.33. The van der Waals surface area contributed by atoms with E-state index in [0.29, 0.717) is 4.57 Å². The lowest BCUT2D eigenvalue weighted by atomic mass is 10.2. The van der Waals surface area contributed by atoms with Gasteiger partial charge in [0, 0.05) is 0 Å². The van der Waals surface area contributed by atoms with E-state index in [2.05, 4.69) is 4.98 Å². The summed E-state index contributed by atoms with van der Waals surface area (Å²) in [6.45, 7) is -0.279. The molecule has 0 saturated carbocycles. The van der Waals surface area contributed by atoms with Gasteiger partial charge in [-0.1, -0.05) is 30.3 Å². The molecule has 1 heterocycles. The van der Waals surface area contributed by atoms with Crippen LogP contribution in [0.25, 0.3) is 0 Å². The van der Waals surface area contributed by atoms with Crippen LogP contribution >= 0.6 is 0 Å². The van der Waals surface area contributed by atoms with Crippen molar-refractivity contribution >= 4 is 0 Å². The molecule has 0 fully saturated rings. The third-order valence-corrected chi connectivity index (χ3v) is 2.99. The first-order valence-electron chi connectivity index (χ1n) is 6.79. The smallest absolute Gasteiger partial charge is 0.406 e. The van der Waals surface area contributed by atoms with Crippen LogP contribution in [0.1, 0.15) is 24.4 Å². The average molecular weight is 328 g/mol. The van der Waals surface area contributed by atoms with Crippen LogP contribution < -0.4 is 10.3 Å². The standard InChI is InChI=1S/C15H15F3N2O3/c1-10(21)13-19-7-12(14(22)20(13)9-15(16,17)18)23-8-11-5-3-2-4-6-11/h2-7,10,21H,8-9H2,1H3. The Morgan fingerprint density at radius 3 is 2.52 bits per heavy atom. The predicted molar refractivity (Wildman–Crippen MR) is 76.0 cm³/mol. The van der Waals surface area contributed by atoms with Gasteiger partial charge in [-0.25, -0.2) is 4.98 Å². The molecular formula is C15H15F3N2O3. The van der Waals surface area contributed by atoms with E-state index in [0.717, 1.165) is 11.8 Å². The zero-order chi connectivity index (χ0) is 17.0. The van der Waals surface area contributed by atoms with Crippen LogP contribution in [-0.4, -0.2) is 20.8 Å². The zero-order valence-electron chi connectivity index (χ0n) is 12.2. The van der Waals surface area contributed by atoms with Crippen molar-refractivity contribution in [3.8, 4) is 5.75 Å². The molecular weight excluding hydrogens is 313 g/mol. The van der Waals surface area contributed by atoms with Gasteiger partial charge >= 0.3 is 6.18 Å². The lowest BCUT2D eigenvalue weighted by molar-refractivity contribution is -0.142. The summed E-state index contributed by atoms with van der Waals surface area (Å²) in [5, 5.41) is 9.49. The summed E-state index contributed by atoms with van der Waals surface area (Å²) in [6, 6.07) is 8.86. The molecule has 8 heteroatoms. The van der Waals surface area contributed by atoms with Crippen LogP contribution in [0.15, 0.2) is 41.3 Å². The van der Waals surface area contributed by atoms with E-state index in [1.807, 2.05) is 0 Å². The number of rotatable bonds is 5. The molecule has 0 saturated heterocycles. The van der Waals surface area contributed by atoms with Gasteiger partial charge in [-0.2, -0.15) is 13.2 Å². The fraction of sp³-hybridized carbons (Fsp3) is 0.333. The Labute approximate surface area is 130 Å². The fourth-order valence-electron chi connectivity index (χ4n) is 1.99. The van der Waals surface area contributed by atoms with Gasteiger partial charge in [0.15, 0.2) is 0 Å². The summed E-state index contributed by atoms with van der Waals surface area (Å²) in [6.07, 6.45) is -4.90. The molecule has 1 aromatic heterocycles. The first kappa shape index (κ1) is 17.0. The molecule has 0 aliphatic carbocycles. The van der Waals surface area contributed by atoms with Crippen molar-refractivity contribution in [1.82, 2.24) is 9.55 Å². The second-order valence-corrected chi connectivity index (χ2v) is 4.94. The molecule has 0 aliphatic rings. The molecule has 1 unspecified atom stereocenters. The maximum Gasteiger partial charge on any atom is 0.406 e. The Balaban J connectivity index is 2.31. The van der Waals surface area contributed by atoms with Crippen LogP contribution in [0.3, 0.4) is 0 Å². The van der Waals surface area contributed by atoms with Crippen LogP contribution in [0.2, 0.25) is 0 Å². The maximum atomic E-state index is 12.6. The van der Waals surface area contributed by atoms with Crippen LogP contribution in [-0.2, 0) is 13.2 Å². The normalized spacial score (nSPS) is 12.9. The summed E-state index contributed by atoms with van der Waals surface area (Å²) in [5.74, 6) is -0.665. The molecule has 0 bridgehead atoms. The molecule has 0 aliphatic heterocycles. The van der Waals surface area contributed by atoms with Gasteiger partial charge in [0.25, 0.3) is 5.56 Å². The molecule has 0 spiro atoms. The number of nitrogens with zero attached hydrogens (tertiary/aromatic N) is 2. The number of halogens is 3. The highest BCUT2D eigenvalue weighted by atomic mass is 19.4. The molecule has 2 aromatic rings. The molecule has 5 nitrogen and oxygen atoms in total. The van der Waals surface area contributed by atoms with Gasteiger partial charge in [0.05, 0.1) is 6.20 Å². The number of hydrogen-bond donors (Lipinski definition) is 1. The topological polar surface area (TPSA) is 64.4 Å². The van der Waals surface area contributed by atoms with Crippen molar-refractivity contribution < 1.29 is 23.0 Å². The predicted octanol–water partition coefficient (Wildman–Crippen LogP) is 2.44. The molecule has 0 amide bonds. The Morgan fingerprint density at radius 1 is 1.30 bits per heavy atom. The number of ether oxygens (including phenoxy) is 1. The number of aliphatic hydroxyl groups excluding tert-OH is 1. The molecule has 23 heavy (non-hydrogen) atoms. The van der Waals surface area contributed by atoms with Crippen LogP contribution in [0.5, 0.6) is 5.75 Å². The summed E-state index contributed by atoms with van der Waals surface area (Å²) in [5.41, 5.74) is -0.224. The minimum Gasteiger partial charge on any atom is -0.482 e. The van der Waals surface area contributed by atoms with Crippen molar-refractivity contribution in [3.63, 3.8) is 0 Å². The number of hydrogen-bond acceptors (Lipinski definition) is 4. The third kappa shape index (κ3) is 4.56. The second kappa shape index (κ2) is 6.82. The van der Waals surface area contributed by atoms with E-state index in [1.54, 1.807) is 30.3 Å². The van der Waals surface area contributed by atoms with Crippen LogP contribution in [0, 0.1) is 0 Å². The minimum atomic E-state index is -4.62. The van der Waals surface area contributed by atoms with Crippen molar-refractivity contribution in [2.75, 3.05) is 0 Å². The number of aromatic nitrogens is 2. The SMILES string of the molecule is CC(O)c1ncc(OCc2ccccc2)c(=O)n1CC(F)(F)F. The molecule has 1 atom stereocenters. The minimum absolute atomic E-state index is 0.0256. The molecule has 1 N–H and O–H groups in total. The monoisotopic (exact) mass is 328 g/mol. The third-order valence-electron chi connectivity index (χ3n) is 2.99. The highest BCUT2D eigenvalue weighted by molar-refractivity contribution is 5.18. The van der Waals surface area contributed by atoms with Gasteiger partial charge in [-0.05, 0) is 12.5 Å². The van der Waals surface area contributed by atoms with Crippen molar-refractivity contribution in [2.45, 2.75) is 32.4 Å². The van der Waals surface area contributed by atoms with E-state index < -0.39 is 24.4 Å². The maximum absolute atomic E-state index is 12.6. The highest BCUT2D eigenvalue weighted by Crippen LogP contribution is 2.20. The summed E-state index contributed by atoms with van der Waals surface area (Å²) >= 11 is 0. The molecule has 2 rings (SSSR count). The quantitative estimate of drug-likeness (QED) is 0.916. The van der Waals surface area contributed by atoms with Crippen molar-refractivity contribution in [3.05, 3.63) is 58.3 Å². The van der Waals surface area contributed by atoms with Crippen molar-refractivity contribution in [1.29, 1.82) is 0 Å². The van der Waals surface area contributed by atoms with E-state index in [1.165, 1.54) is 6.92 Å². The lowest BCUT2D eigenvalue weighted by Gasteiger charge is -2.16. The Morgan fingerprint density at radius 2 is 1.96 bits per heavy atom. The van der Waals surface area contributed by atoms with Gasteiger partial charge in [-0.3, -0.25) is 9.36 Å².